The minimum absolute atomic E-state index is 0.0617. The Bertz CT molecular complexity index is 572. The van der Waals surface area contributed by atoms with Gasteiger partial charge in [-0.3, -0.25) is 14.4 Å². The summed E-state index contributed by atoms with van der Waals surface area (Å²) in [7, 11) is 0. The Kier molecular flexibility index (Phi) is 29.3. The Morgan fingerprint density at radius 2 is 0.744 bits per heavy atom. The lowest BCUT2D eigenvalue weighted by molar-refractivity contribution is -0.146. The van der Waals surface area contributed by atoms with Crippen LogP contribution in [0.4, 0.5) is 0 Å². The van der Waals surface area contributed by atoms with Crippen molar-refractivity contribution in [2.45, 2.75) is 84.0 Å². The van der Waals surface area contributed by atoms with Gasteiger partial charge in [0.2, 0.25) is 0 Å². The second kappa shape index (κ2) is 30.7. The fraction of sp³-hybridized carbons (Fsp3) is 0.893. The Morgan fingerprint density at radius 3 is 1.13 bits per heavy atom. The standard InChI is InChI=1S/C28H52O11/c1-2-3-4-5-6-7-8-12-27(31)38-24-22-36-20-18-34-16-14-33-15-17-35-19-21-37-23-25-39-28(32)13-10-9-11-26(29)30/h2-25H2,1H3,(H,29,30). The van der Waals surface area contributed by atoms with Crippen molar-refractivity contribution in [2.24, 2.45) is 0 Å². The van der Waals surface area contributed by atoms with E-state index < -0.39 is 5.97 Å². The summed E-state index contributed by atoms with van der Waals surface area (Å²) >= 11 is 0. The maximum Gasteiger partial charge on any atom is 0.305 e. The molecule has 0 radical (unpaired) electrons. The van der Waals surface area contributed by atoms with E-state index in [9.17, 15) is 14.4 Å². The fourth-order valence-corrected chi connectivity index (χ4v) is 3.33. The van der Waals surface area contributed by atoms with Gasteiger partial charge >= 0.3 is 17.9 Å². The minimum Gasteiger partial charge on any atom is -0.481 e. The monoisotopic (exact) mass is 564 g/mol. The third kappa shape index (κ3) is 32.3. The van der Waals surface area contributed by atoms with Gasteiger partial charge in [-0.2, -0.15) is 0 Å². The van der Waals surface area contributed by atoms with Crippen LogP contribution in [0.5, 0.6) is 0 Å². The van der Waals surface area contributed by atoms with E-state index in [2.05, 4.69) is 6.92 Å². The summed E-state index contributed by atoms with van der Waals surface area (Å²) in [5.41, 5.74) is 0. The van der Waals surface area contributed by atoms with Gasteiger partial charge in [0.15, 0.2) is 0 Å². The Balaban J connectivity index is 3.18. The van der Waals surface area contributed by atoms with Crippen molar-refractivity contribution in [3.63, 3.8) is 0 Å². The molecule has 0 amide bonds. The van der Waals surface area contributed by atoms with E-state index in [-0.39, 0.29) is 44.6 Å². The zero-order valence-corrected chi connectivity index (χ0v) is 24.0. The molecule has 0 aromatic carbocycles. The van der Waals surface area contributed by atoms with Crippen LogP contribution in [0.15, 0.2) is 0 Å². The number of hydrogen-bond acceptors (Lipinski definition) is 10. The molecule has 0 bridgehead atoms. The van der Waals surface area contributed by atoms with Gasteiger partial charge in [-0.1, -0.05) is 45.4 Å². The number of carboxylic acids is 1. The van der Waals surface area contributed by atoms with Crippen LogP contribution in [-0.2, 0) is 47.5 Å². The van der Waals surface area contributed by atoms with E-state index in [1.54, 1.807) is 0 Å². The van der Waals surface area contributed by atoms with E-state index in [1.165, 1.54) is 32.1 Å². The molecule has 0 saturated carbocycles. The van der Waals surface area contributed by atoms with Gasteiger partial charge in [-0.25, -0.2) is 0 Å². The molecule has 0 aliphatic heterocycles. The zero-order chi connectivity index (χ0) is 28.7. The molecule has 0 atom stereocenters. The van der Waals surface area contributed by atoms with Crippen LogP contribution in [0, 0.1) is 0 Å². The van der Waals surface area contributed by atoms with Gasteiger partial charge in [0, 0.05) is 19.3 Å². The van der Waals surface area contributed by atoms with E-state index >= 15 is 0 Å². The van der Waals surface area contributed by atoms with Crippen molar-refractivity contribution in [2.75, 3.05) is 79.3 Å². The number of carbonyl (C=O) groups is 3. The maximum atomic E-state index is 11.7. The largest absolute Gasteiger partial charge is 0.481 e. The number of carboxylic acid groups (broad SMARTS) is 1. The van der Waals surface area contributed by atoms with E-state index in [0.717, 1.165) is 12.8 Å². The molecule has 0 aromatic heterocycles. The van der Waals surface area contributed by atoms with Crippen molar-refractivity contribution >= 4 is 17.9 Å². The number of rotatable bonds is 31. The van der Waals surface area contributed by atoms with Crippen LogP contribution in [-0.4, -0.2) is 102 Å². The summed E-state index contributed by atoms with van der Waals surface area (Å²) in [4.78, 5) is 33.5. The van der Waals surface area contributed by atoms with Crippen molar-refractivity contribution in [3.8, 4) is 0 Å². The lowest BCUT2D eigenvalue weighted by atomic mass is 10.1. The first-order valence-corrected chi connectivity index (χ1v) is 14.5. The minimum atomic E-state index is -0.862. The predicted octanol–water partition coefficient (Wildman–Crippen LogP) is 3.94. The molecule has 0 aliphatic carbocycles. The van der Waals surface area contributed by atoms with E-state index in [0.29, 0.717) is 78.7 Å². The van der Waals surface area contributed by atoms with Crippen LogP contribution in [0.2, 0.25) is 0 Å². The summed E-state index contributed by atoms with van der Waals surface area (Å²) < 4.78 is 37.1. The summed E-state index contributed by atoms with van der Waals surface area (Å²) in [5.74, 6) is -1.36. The van der Waals surface area contributed by atoms with Crippen molar-refractivity contribution in [1.29, 1.82) is 0 Å². The first-order chi connectivity index (χ1) is 19.1. The molecule has 11 heteroatoms. The molecule has 0 aromatic rings. The average Bonchev–Trinajstić information content (AvgIpc) is 2.91. The number of esters is 2. The second-order valence-corrected chi connectivity index (χ2v) is 8.97. The third-order valence-electron chi connectivity index (χ3n) is 5.48. The Labute approximate surface area is 234 Å². The molecule has 230 valence electrons. The smallest absolute Gasteiger partial charge is 0.305 e. The molecule has 0 heterocycles. The Hall–Kier alpha value is -1.79. The van der Waals surface area contributed by atoms with Crippen molar-refractivity contribution < 1.29 is 52.6 Å². The van der Waals surface area contributed by atoms with Gasteiger partial charge in [0.25, 0.3) is 0 Å². The number of aliphatic carboxylic acids is 1. The highest BCUT2D eigenvalue weighted by Gasteiger charge is 2.04. The quantitative estimate of drug-likeness (QED) is 0.0968. The lowest BCUT2D eigenvalue weighted by Crippen LogP contribution is -2.15. The third-order valence-corrected chi connectivity index (χ3v) is 5.48. The number of carbonyl (C=O) groups excluding carboxylic acids is 2. The predicted molar refractivity (Wildman–Crippen MR) is 145 cm³/mol. The highest BCUT2D eigenvalue weighted by Crippen LogP contribution is 2.08. The lowest BCUT2D eigenvalue weighted by Gasteiger charge is -2.08. The van der Waals surface area contributed by atoms with E-state index in [4.69, 9.17) is 38.3 Å². The highest BCUT2D eigenvalue weighted by atomic mass is 16.6. The number of hydrogen-bond donors (Lipinski definition) is 1. The maximum absolute atomic E-state index is 11.7. The highest BCUT2D eigenvalue weighted by molar-refractivity contribution is 5.70. The molecule has 39 heavy (non-hydrogen) atoms. The molecular weight excluding hydrogens is 512 g/mol. The fourth-order valence-electron chi connectivity index (χ4n) is 3.33. The van der Waals surface area contributed by atoms with Crippen molar-refractivity contribution in [1.82, 2.24) is 0 Å². The van der Waals surface area contributed by atoms with E-state index in [1.807, 2.05) is 0 Å². The van der Waals surface area contributed by atoms with Crippen LogP contribution in [0.1, 0.15) is 84.0 Å². The molecule has 0 saturated heterocycles. The van der Waals surface area contributed by atoms with Gasteiger partial charge in [0.05, 0.1) is 66.1 Å². The average molecular weight is 565 g/mol. The molecule has 0 unspecified atom stereocenters. The van der Waals surface area contributed by atoms with Crippen LogP contribution >= 0.6 is 0 Å². The van der Waals surface area contributed by atoms with Crippen molar-refractivity contribution in [3.05, 3.63) is 0 Å². The first-order valence-electron chi connectivity index (χ1n) is 14.5. The SMILES string of the molecule is CCCCCCCCCC(=O)OCCOCCOCCOCCOCCOCCOC(=O)CCCCC(=O)O. The molecule has 0 spiro atoms. The Morgan fingerprint density at radius 1 is 0.436 bits per heavy atom. The summed E-state index contributed by atoms with van der Waals surface area (Å²) in [6.07, 6.45) is 9.97. The van der Waals surface area contributed by atoms with Crippen LogP contribution in [0.3, 0.4) is 0 Å². The molecule has 0 rings (SSSR count). The summed E-state index contributed by atoms with van der Waals surface area (Å²) in [6.45, 7) is 6.77. The molecule has 11 nitrogen and oxygen atoms in total. The number of ether oxygens (including phenoxy) is 7. The summed E-state index contributed by atoms with van der Waals surface area (Å²) in [6, 6.07) is 0. The molecule has 1 N–H and O–H groups in total. The number of unbranched alkanes of at least 4 members (excludes halogenated alkanes) is 7. The van der Waals surface area contributed by atoms with Gasteiger partial charge in [-0.05, 0) is 19.3 Å². The van der Waals surface area contributed by atoms with Crippen LogP contribution < -0.4 is 0 Å². The zero-order valence-electron chi connectivity index (χ0n) is 24.0. The topological polar surface area (TPSA) is 136 Å². The molecule has 0 aliphatic rings. The molecule has 0 fully saturated rings. The second-order valence-electron chi connectivity index (χ2n) is 8.97. The van der Waals surface area contributed by atoms with Gasteiger partial charge < -0.3 is 38.3 Å². The first kappa shape index (κ1) is 37.2. The van der Waals surface area contributed by atoms with Gasteiger partial charge in [0.1, 0.15) is 13.2 Å². The summed E-state index contributed by atoms with van der Waals surface area (Å²) in [5, 5.41) is 8.53. The normalized spacial score (nSPS) is 11.0. The van der Waals surface area contributed by atoms with Crippen LogP contribution in [0.25, 0.3) is 0 Å². The van der Waals surface area contributed by atoms with Gasteiger partial charge in [-0.15, -0.1) is 0 Å². The molecular formula is C28H52O11.